The number of aromatic nitrogens is 2. The van der Waals surface area contributed by atoms with Gasteiger partial charge in [-0.25, -0.2) is 9.59 Å². The van der Waals surface area contributed by atoms with Crippen LogP contribution in [0.25, 0.3) is 10.9 Å². The van der Waals surface area contributed by atoms with E-state index in [0.29, 0.717) is 56.6 Å². The number of carbonyl (C=O) groups is 3. The number of nitrogens with zero attached hydrogens (tertiary/aromatic N) is 5. The molecule has 0 radical (unpaired) electrons. The number of likely N-dealkylation sites (tertiary alicyclic amines) is 1. The van der Waals surface area contributed by atoms with Gasteiger partial charge >= 0.3 is 12.1 Å². The molecule has 3 aromatic rings. The normalized spacial score (nSPS) is 21.0. The molecule has 4 N–H and O–H groups in total. The number of aromatic amines is 1. The molecule has 1 unspecified atom stereocenters. The van der Waals surface area contributed by atoms with E-state index in [1.807, 2.05) is 46.2 Å². The van der Waals surface area contributed by atoms with Crippen molar-refractivity contribution in [1.29, 1.82) is 0 Å². The molecule has 13 nitrogen and oxygen atoms in total. The highest BCUT2D eigenvalue weighted by Gasteiger charge is 2.34. The molecule has 3 fully saturated rings. The maximum atomic E-state index is 14.0. The van der Waals surface area contributed by atoms with Gasteiger partial charge in [0.1, 0.15) is 6.04 Å². The molecule has 0 saturated carbocycles. The number of benzene rings is 2. The molecule has 0 aliphatic carbocycles. The van der Waals surface area contributed by atoms with Crippen LogP contribution in [0.5, 0.6) is 0 Å². The number of hydrogen-bond acceptors (Lipinski definition) is 8. The minimum atomic E-state index is -0.825. The van der Waals surface area contributed by atoms with Crippen molar-refractivity contribution in [3.05, 3.63) is 58.7 Å². The standard InChI is InChI=1S/C34H44ClN9O4/c35-28-20-23(19-25-22-37-40-31(25)28)21-30(32(45)42-12-6-26(7-13-42)41-17-10-36-11-18-41)39-34(47)48-43-14-8-27(9-15-43)44-16-5-24-3-1-2-4-29(24)38-33(44)46/h1-4,19-20,22,26-27,30,36H,5-18,21H2,(H,37,40)(H,38,46)(H,39,47). The van der Waals surface area contributed by atoms with Gasteiger partial charge in [-0.05, 0) is 61.4 Å². The lowest BCUT2D eigenvalue weighted by molar-refractivity contribution is -0.137. The molecule has 5 heterocycles. The minimum absolute atomic E-state index is 0.0447. The topological polar surface area (TPSA) is 138 Å². The smallest absolute Gasteiger partial charge is 0.351 e. The number of para-hydroxylation sites is 1. The van der Waals surface area contributed by atoms with E-state index in [1.165, 1.54) is 0 Å². The first-order valence-corrected chi connectivity index (χ1v) is 17.5. The van der Waals surface area contributed by atoms with Crippen LogP contribution in [0.4, 0.5) is 15.3 Å². The third-order valence-corrected chi connectivity index (χ3v) is 10.6. The molecule has 256 valence electrons. The number of anilines is 1. The number of hydroxylamine groups is 2. The zero-order chi connectivity index (χ0) is 33.0. The van der Waals surface area contributed by atoms with Crippen molar-refractivity contribution in [1.82, 2.24) is 40.6 Å². The number of H-pyrrole nitrogens is 1. The fraction of sp³-hybridized carbons (Fsp3) is 0.529. The van der Waals surface area contributed by atoms with Crippen molar-refractivity contribution >= 4 is 46.2 Å². The summed E-state index contributed by atoms with van der Waals surface area (Å²) in [5, 5.41) is 19.3. The number of carbonyl (C=O) groups excluding carboxylic acids is 3. The summed E-state index contributed by atoms with van der Waals surface area (Å²) in [6.45, 7) is 6.95. The van der Waals surface area contributed by atoms with Gasteiger partial charge in [0, 0.05) is 88.5 Å². The zero-order valence-corrected chi connectivity index (χ0v) is 27.9. The second-order valence-corrected chi connectivity index (χ2v) is 13.6. The first-order chi connectivity index (χ1) is 23.4. The molecule has 3 saturated heterocycles. The first-order valence-electron chi connectivity index (χ1n) is 17.2. The molecule has 4 aliphatic heterocycles. The van der Waals surface area contributed by atoms with Gasteiger partial charge in [-0.2, -0.15) is 5.10 Å². The fourth-order valence-electron chi connectivity index (χ4n) is 7.61. The van der Waals surface area contributed by atoms with E-state index in [-0.39, 0.29) is 24.4 Å². The van der Waals surface area contributed by atoms with E-state index in [0.717, 1.165) is 73.2 Å². The zero-order valence-electron chi connectivity index (χ0n) is 27.1. The van der Waals surface area contributed by atoms with Gasteiger partial charge in [-0.3, -0.25) is 14.8 Å². The molecular weight excluding hydrogens is 634 g/mol. The Hall–Kier alpha value is -3.91. The summed E-state index contributed by atoms with van der Waals surface area (Å²) in [5.41, 5.74) is 3.55. The Balaban J connectivity index is 0.967. The van der Waals surface area contributed by atoms with Crippen LogP contribution < -0.4 is 16.0 Å². The van der Waals surface area contributed by atoms with E-state index in [9.17, 15) is 14.4 Å². The van der Waals surface area contributed by atoms with Gasteiger partial charge in [0.2, 0.25) is 5.91 Å². The van der Waals surface area contributed by atoms with E-state index in [4.69, 9.17) is 16.4 Å². The molecule has 2 aromatic carbocycles. The second-order valence-electron chi connectivity index (χ2n) is 13.2. The molecule has 4 aliphatic rings. The molecule has 48 heavy (non-hydrogen) atoms. The van der Waals surface area contributed by atoms with Gasteiger partial charge in [-0.1, -0.05) is 29.8 Å². The molecule has 4 amide bonds. The van der Waals surface area contributed by atoms with Crippen molar-refractivity contribution in [2.45, 2.75) is 56.7 Å². The van der Waals surface area contributed by atoms with E-state index in [2.05, 4.69) is 31.0 Å². The number of hydrogen-bond donors (Lipinski definition) is 4. The Kier molecular flexibility index (Phi) is 9.98. The molecule has 0 spiro atoms. The van der Waals surface area contributed by atoms with Crippen molar-refractivity contribution < 1.29 is 19.2 Å². The van der Waals surface area contributed by atoms with Gasteiger partial charge in [0.15, 0.2) is 0 Å². The number of halogens is 1. The lowest BCUT2D eigenvalue weighted by Gasteiger charge is -2.41. The van der Waals surface area contributed by atoms with E-state index < -0.39 is 12.1 Å². The summed E-state index contributed by atoms with van der Waals surface area (Å²) in [6, 6.07) is 11.2. The lowest BCUT2D eigenvalue weighted by atomic mass is 9.99. The Morgan fingerprint density at radius 1 is 0.979 bits per heavy atom. The third kappa shape index (κ3) is 7.39. The molecule has 1 atom stereocenters. The largest absolute Gasteiger partial charge is 0.426 e. The Labute approximate surface area is 285 Å². The fourth-order valence-corrected chi connectivity index (χ4v) is 7.91. The quantitative estimate of drug-likeness (QED) is 0.299. The number of nitrogens with one attached hydrogen (secondary N) is 4. The van der Waals surface area contributed by atoms with Crippen LogP contribution in [0, 0.1) is 0 Å². The van der Waals surface area contributed by atoms with Crippen molar-refractivity contribution in [3.8, 4) is 0 Å². The second kappa shape index (κ2) is 14.7. The summed E-state index contributed by atoms with van der Waals surface area (Å²) >= 11 is 6.53. The Bertz CT molecular complexity index is 1610. The van der Waals surface area contributed by atoms with Crippen LogP contribution in [0.1, 0.15) is 36.8 Å². The summed E-state index contributed by atoms with van der Waals surface area (Å²) < 4.78 is 0. The highest BCUT2D eigenvalue weighted by molar-refractivity contribution is 6.35. The van der Waals surface area contributed by atoms with Crippen LogP contribution in [0.15, 0.2) is 42.6 Å². The Morgan fingerprint density at radius 2 is 1.73 bits per heavy atom. The number of piperidine rings is 2. The number of urea groups is 1. The van der Waals surface area contributed by atoms with Gasteiger partial charge in [-0.15, -0.1) is 5.06 Å². The minimum Gasteiger partial charge on any atom is -0.351 e. The van der Waals surface area contributed by atoms with Crippen LogP contribution >= 0.6 is 11.6 Å². The van der Waals surface area contributed by atoms with Gasteiger partial charge in [0.25, 0.3) is 0 Å². The molecule has 0 bridgehead atoms. The molecular formula is C34H44ClN9O4. The van der Waals surface area contributed by atoms with Crippen LogP contribution in [-0.2, 0) is 22.5 Å². The highest BCUT2D eigenvalue weighted by Crippen LogP contribution is 2.26. The van der Waals surface area contributed by atoms with E-state index in [1.54, 1.807) is 11.3 Å². The summed E-state index contributed by atoms with van der Waals surface area (Å²) in [7, 11) is 0. The maximum Gasteiger partial charge on any atom is 0.426 e. The van der Waals surface area contributed by atoms with E-state index >= 15 is 0 Å². The first kappa shape index (κ1) is 32.6. The number of rotatable bonds is 7. The van der Waals surface area contributed by atoms with Crippen molar-refractivity contribution in [2.75, 3.05) is 64.2 Å². The monoisotopic (exact) mass is 677 g/mol. The number of fused-ring (bicyclic) bond motifs is 2. The Morgan fingerprint density at radius 3 is 2.52 bits per heavy atom. The maximum absolute atomic E-state index is 14.0. The van der Waals surface area contributed by atoms with Crippen molar-refractivity contribution in [2.24, 2.45) is 0 Å². The molecule has 7 rings (SSSR count). The summed E-state index contributed by atoms with van der Waals surface area (Å²) in [5.74, 6) is -0.124. The predicted octanol–water partition coefficient (Wildman–Crippen LogP) is 3.22. The van der Waals surface area contributed by atoms with Crippen LogP contribution in [0.2, 0.25) is 5.02 Å². The average Bonchev–Trinajstić information content (AvgIpc) is 3.52. The van der Waals surface area contributed by atoms with Gasteiger partial charge < -0.3 is 30.6 Å². The lowest BCUT2D eigenvalue weighted by Crippen LogP contribution is -2.56. The summed E-state index contributed by atoms with van der Waals surface area (Å²) in [4.78, 5) is 52.4. The molecule has 14 heteroatoms. The average molecular weight is 678 g/mol. The third-order valence-electron chi connectivity index (χ3n) is 10.3. The SMILES string of the molecule is O=C(NC(Cc1cc(Cl)c2[nH]ncc2c1)C(=O)N1CCC(N2CCNCC2)CC1)ON1CCC(N2CCc3ccccc3NC2=O)CC1. The van der Waals surface area contributed by atoms with Crippen LogP contribution in [-0.4, -0.2) is 125 Å². The summed E-state index contributed by atoms with van der Waals surface area (Å²) in [6.07, 6.45) is 5.24. The predicted molar refractivity (Wildman–Crippen MR) is 183 cm³/mol. The van der Waals surface area contributed by atoms with Crippen LogP contribution in [0.3, 0.4) is 0 Å². The van der Waals surface area contributed by atoms with Crippen molar-refractivity contribution in [3.63, 3.8) is 0 Å². The number of amides is 4. The highest BCUT2D eigenvalue weighted by atomic mass is 35.5. The number of piperazine rings is 1. The molecule has 1 aromatic heterocycles. The van der Waals surface area contributed by atoms with Gasteiger partial charge in [0.05, 0.1) is 16.7 Å².